The van der Waals surface area contributed by atoms with Gasteiger partial charge in [-0.15, -0.1) is 0 Å². The van der Waals surface area contributed by atoms with E-state index in [2.05, 4.69) is 50.4 Å². The molecule has 27 heavy (non-hydrogen) atoms. The minimum absolute atomic E-state index is 0.994. The molecule has 0 fully saturated rings. The quantitative estimate of drug-likeness (QED) is 0.474. The SMILES string of the molecule is c1ccc(-c2cccc(-c3ccccn3)c2-[n+]2csc3c2CCCC3)nc1. The van der Waals surface area contributed by atoms with Gasteiger partial charge in [-0.3, -0.25) is 9.97 Å². The van der Waals surface area contributed by atoms with Crippen molar-refractivity contribution >= 4 is 11.3 Å². The van der Waals surface area contributed by atoms with Crippen molar-refractivity contribution in [3.63, 3.8) is 0 Å². The Labute approximate surface area is 163 Å². The predicted octanol–water partition coefficient (Wildman–Crippen LogP) is 5.03. The fourth-order valence-electron chi connectivity index (χ4n) is 3.87. The fourth-order valence-corrected chi connectivity index (χ4v) is 4.94. The monoisotopic (exact) mass is 370 g/mol. The van der Waals surface area contributed by atoms with Crippen LogP contribution in [0.2, 0.25) is 0 Å². The summed E-state index contributed by atoms with van der Waals surface area (Å²) < 4.78 is 2.40. The van der Waals surface area contributed by atoms with Crippen LogP contribution in [0.3, 0.4) is 0 Å². The van der Waals surface area contributed by atoms with E-state index >= 15 is 0 Å². The summed E-state index contributed by atoms with van der Waals surface area (Å²) >= 11 is 1.88. The number of nitrogens with zero attached hydrogens (tertiary/aromatic N) is 3. The van der Waals surface area contributed by atoms with Crippen LogP contribution >= 0.6 is 11.3 Å². The van der Waals surface area contributed by atoms with Crippen LogP contribution in [-0.4, -0.2) is 9.97 Å². The Kier molecular flexibility index (Phi) is 4.26. The van der Waals surface area contributed by atoms with Crippen molar-refractivity contribution in [1.82, 2.24) is 9.97 Å². The second kappa shape index (κ2) is 7.05. The number of fused-ring (bicyclic) bond motifs is 1. The molecule has 4 aromatic rings. The maximum atomic E-state index is 4.64. The first-order valence-corrected chi connectivity index (χ1v) is 10.3. The van der Waals surface area contributed by atoms with E-state index in [1.54, 1.807) is 0 Å². The van der Waals surface area contributed by atoms with Gasteiger partial charge in [-0.1, -0.05) is 29.5 Å². The topological polar surface area (TPSA) is 29.7 Å². The number of para-hydroxylation sites is 1. The molecule has 0 saturated carbocycles. The van der Waals surface area contributed by atoms with E-state index < -0.39 is 0 Å². The zero-order chi connectivity index (χ0) is 18.1. The summed E-state index contributed by atoms with van der Waals surface area (Å²) in [5.74, 6) is 0. The first-order valence-electron chi connectivity index (χ1n) is 9.39. The summed E-state index contributed by atoms with van der Waals surface area (Å²) in [6.07, 6.45) is 8.60. The van der Waals surface area contributed by atoms with Crippen molar-refractivity contribution in [1.29, 1.82) is 0 Å². The minimum atomic E-state index is 0.994. The lowest BCUT2D eigenvalue weighted by Crippen LogP contribution is -2.35. The molecule has 0 saturated heterocycles. The van der Waals surface area contributed by atoms with Crippen molar-refractivity contribution in [3.8, 4) is 28.2 Å². The van der Waals surface area contributed by atoms with Crippen LogP contribution in [-0.2, 0) is 12.8 Å². The van der Waals surface area contributed by atoms with Gasteiger partial charge < -0.3 is 0 Å². The lowest BCUT2D eigenvalue weighted by atomic mass is 9.98. The van der Waals surface area contributed by atoms with Crippen LogP contribution in [0.1, 0.15) is 23.4 Å². The summed E-state index contributed by atoms with van der Waals surface area (Å²) in [5.41, 5.74) is 9.19. The van der Waals surface area contributed by atoms with Gasteiger partial charge in [0.15, 0.2) is 0 Å². The summed E-state index contributed by atoms with van der Waals surface area (Å²) in [5, 5.41) is 0. The molecule has 1 aromatic carbocycles. The number of benzene rings is 1. The predicted molar refractivity (Wildman–Crippen MR) is 109 cm³/mol. The number of thiazole rings is 1. The molecule has 0 bridgehead atoms. The summed E-state index contributed by atoms with van der Waals surface area (Å²) in [7, 11) is 0. The van der Waals surface area contributed by atoms with E-state index in [0.29, 0.717) is 0 Å². The molecule has 0 amide bonds. The Morgan fingerprint density at radius 2 is 1.41 bits per heavy atom. The van der Waals surface area contributed by atoms with Crippen molar-refractivity contribution in [2.24, 2.45) is 0 Å². The molecule has 0 spiro atoms. The van der Waals surface area contributed by atoms with Crippen LogP contribution in [0.5, 0.6) is 0 Å². The average molecular weight is 371 g/mol. The molecule has 0 aliphatic heterocycles. The molecular formula is C23H20N3S+. The van der Waals surface area contributed by atoms with Gasteiger partial charge in [-0.05, 0) is 55.7 Å². The van der Waals surface area contributed by atoms with Crippen molar-refractivity contribution in [2.75, 3.05) is 0 Å². The number of aryl methyl sites for hydroxylation is 1. The van der Waals surface area contributed by atoms with Gasteiger partial charge in [0.1, 0.15) is 0 Å². The second-order valence-electron chi connectivity index (χ2n) is 6.80. The van der Waals surface area contributed by atoms with Gasteiger partial charge in [0.05, 0.1) is 27.4 Å². The lowest BCUT2D eigenvalue weighted by molar-refractivity contribution is -0.598. The molecule has 5 rings (SSSR count). The number of rotatable bonds is 3. The van der Waals surface area contributed by atoms with E-state index in [9.17, 15) is 0 Å². The van der Waals surface area contributed by atoms with E-state index in [-0.39, 0.29) is 0 Å². The summed E-state index contributed by atoms with van der Waals surface area (Å²) in [6, 6.07) is 18.6. The van der Waals surface area contributed by atoms with Gasteiger partial charge in [0, 0.05) is 18.8 Å². The Morgan fingerprint density at radius 3 is 2.04 bits per heavy atom. The second-order valence-corrected chi connectivity index (χ2v) is 7.74. The molecule has 0 unspecified atom stereocenters. The van der Waals surface area contributed by atoms with Gasteiger partial charge in [-0.2, -0.15) is 4.57 Å². The number of pyridine rings is 2. The normalized spacial score (nSPS) is 13.3. The smallest absolute Gasteiger partial charge is 0.231 e. The Morgan fingerprint density at radius 1 is 0.741 bits per heavy atom. The zero-order valence-corrected chi connectivity index (χ0v) is 15.8. The average Bonchev–Trinajstić information content (AvgIpc) is 3.18. The lowest BCUT2D eigenvalue weighted by Gasteiger charge is -2.12. The van der Waals surface area contributed by atoms with E-state index in [1.165, 1.54) is 35.5 Å². The molecule has 0 atom stereocenters. The number of hydrogen-bond acceptors (Lipinski definition) is 3. The van der Waals surface area contributed by atoms with Gasteiger partial charge in [-0.25, -0.2) is 0 Å². The van der Waals surface area contributed by atoms with Crippen LogP contribution < -0.4 is 4.57 Å². The van der Waals surface area contributed by atoms with Crippen molar-refractivity contribution in [3.05, 3.63) is 83.1 Å². The molecule has 3 aromatic heterocycles. The minimum Gasteiger partial charge on any atom is -0.256 e. The number of hydrogen-bond donors (Lipinski definition) is 0. The highest BCUT2D eigenvalue weighted by molar-refractivity contribution is 7.09. The van der Waals surface area contributed by atoms with E-state index in [4.69, 9.17) is 0 Å². The van der Waals surface area contributed by atoms with E-state index in [1.807, 2.05) is 48.0 Å². The van der Waals surface area contributed by atoms with Crippen LogP contribution in [0.4, 0.5) is 0 Å². The third kappa shape index (κ3) is 2.96. The van der Waals surface area contributed by atoms with Crippen LogP contribution in [0.25, 0.3) is 28.2 Å². The fraction of sp³-hybridized carbons (Fsp3) is 0.174. The van der Waals surface area contributed by atoms with Crippen LogP contribution in [0.15, 0.2) is 72.5 Å². The molecule has 3 heterocycles. The molecule has 0 radical (unpaired) electrons. The summed E-state index contributed by atoms with van der Waals surface area (Å²) in [4.78, 5) is 10.8. The maximum absolute atomic E-state index is 4.64. The first-order chi connectivity index (χ1) is 13.4. The van der Waals surface area contributed by atoms with Crippen LogP contribution in [0, 0.1) is 0 Å². The number of aromatic nitrogens is 3. The largest absolute Gasteiger partial charge is 0.256 e. The molecular weight excluding hydrogens is 350 g/mol. The van der Waals surface area contributed by atoms with Gasteiger partial charge in [0.25, 0.3) is 0 Å². The highest BCUT2D eigenvalue weighted by Crippen LogP contribution is 2.33. The Bertz CT molecular complexity index is 1010. The third-order valence-corrected chi connectivity index (χ3v) is 6.18. The zero-order valence-electron chi connectivity index (χ0n) is 15.0. The first kappa shape index (κ1) is 16.3. The standard InChI is InChI=1S/C23H20N3S/c1-2-13-22-21(12-1)26(16-27-22)23-17(19-10-3-5-14-24-19)8-7-9-18(23)20-11-4-6-15-25-20/h3-11,14-16H,1-2,12-13H2/q+1. The Balaban J connectivity index is 1.80. The van der Waals surface area contributed by atoms with Crippen molar-refractivity contribution < 1.29 is 4.57 Å². The molecule has 1 aliphatic carbocycles. The summed E-state index contributed by atoms with van der Waals surface area (Å²) in [6.45, 7) is 0. The third-order valence-electron chi connectivity index (χ3n) is 5.14. The molecule has 4 heteroatoms. The van der Waals surface area contributed by atoms with Gasteiger partial charge in [0.2, 0.25) is 16.9 Å². The van der Waals surface area contributed by atoms with E-state index in [0.717, 1.165) is 28.9 Å². The molecule has 0 N–H and O–H groups in total. The Hall–Kier alpha value is -2.85. The maximum Gasteiger partial charge on any atom is 0.231 e. The highest BCUT2D eigenvalue weighted by atomic mass is 32.1. The molecule has 132 valence electrons. The highest BCUT2D eigenvalue weighted by Gasteiger charge is 2.29. The van der Waals surface area contributed by atoms with Crippen molar-refractivity contribution in [2.45, 2.75) is 25.7 Å². The molecule has 3 nitrogen and oxygen atoms in total. The van der Waals surface area contributed by atoms with Gasteiger partial charge >= 0.3 is 0 Å². The molecule has 1 aliphatic rings.